The number of rotatable bonds is 4. The first-order valence-corrected chi connectivity index (χ1v) is 10.3. The lowest BCUT2D eigenvalue weighted by Crippen LogP contribution is -2.33. The van der Waals surface area contributed by atoms with Gasteiger partial charge >= 0.3 is 0 Å². The molecule has 26 heavy (non-hydrogen) atoms. The van der Waals surface area contributed by atoms with Gasteiger partial charge in [0.05, 0.1) is 11.1 Å². The first-order valence-electron chi connectivity index (χ1n) is 9.48. The Morgan fingerprint density at radius 3 is 2.38 bits per heavy atom. The molecule has 2 heterocycles. The lowest BCUT2D eigenvalue weighted by Gasteiger charge is -2.22. The van der Waals surface area contributed by atoms with Crippen LogP contribution in [0.3, 0.4) is 0 Å². The average Bonchev–Trinajstić information content (AvgIpc) is 3.16. The lowest BCUT2D eigenvalue weighted by atomic mass is 9.82. The van der Waals surface area contributed by atoms with Crippen molar-refractivity contribution in [3.63, 3.8) is 0 Å². The highest BCUT2D eigenvalue weighted by molar-refractivity contribution is 9.10. The van der Waals surface area contributed by atoms with Gasteiger partial charge in [-0.2, -0.15) is 0 Å². The normalized spacial score (nSPS) is 24.8. The molecule has 2 unspecified atom stereocenters. The number of benzene rings is 1. The Hall–Kier alpha value is -1.69. The molecule has 0 N–H and O–H groups in total. The van der Waals surface area contributed by atoms with Gasteiger partial charge in [0, 0.05) is 30.5 Å². The Balaban J connectivity index is 1.31. The molecule has 1 aromatic carbocycles. The molecule has 5 nitrogen and oxygen atoms in total. The van der Waals surface area contributed by atoms with Gasteiger partial charge < -0.3 is 4.90 Å². The highest BCUT2D eigenvalue weighted by atomic mass is 79.9. The highest BCUT2D eigenvalue weighted by Gasteiger charge is 2.37. The summed E-state index contributed by atoms with van der Waals surface area (Å²) in [6.07, 6.45) is 6.00. The number of amides is 3. The quantitative estimate of drug-likeness (QED) is 0.703. The third-order valence-electron chi connectivity index (χ3n) is 6.03. The zero-order valence-corrected chi connectivity index (χ0v) is 16.3. The van der Waals surface area contributed by atoms with E-state index >= 15 is 0 Å². The summed E-state index contributed by atoms with van der Waals surface area (Å²) in [5, 5.41) is 0. The third-order valence-corrected chi connectivity index (χ3v) is 6.53. The number of hydrogen-bond acceptors (Lipinski definition) is 3. The fourth-order valence-electron chi connectivity index (χ4n) is 4.62. The van der Waals surface area contributed by atoms with E-state index in [1.807, 2.05) is 4.90 Å². The van der Waals surface area contributed by atoms with Gasteiger partial charge in [0.15, 0.2) is 0 Å². The fraction of sp³-hybridized carbons (Fsp3) is 0.550. The van der Waals surface area contributed by atoms with Gasteiger partial charge in [0.2, 0.25) is 5.91 Å². The van der Waals surface area contributed by atoms with E-state index in [1.54, 1.807) is 18.2 Å². The van der Waals surface area contributed by atoms with Crippen LogP contribution in [0, 0.1) is 11.8 Å². The number of halogens is 1. The molecule has 0 bridgehead atoms. The van der Waals surface area contributed by atoms with Crippen LogP contribution in [0.1, 0.15) is 59.2 Å². The monoisotopic (exact) mass is 418 g/mol. The molecule has 2 aliphatic heterocycles. The van der Waals surface area contributed by atoms with E-state index in [2.05, 4.69) is 15.9 Å². The third kappa shape index (κ3) is 3.20. The molecule has 6 heteroatoms. The van der Waals surface area contributed by atoms with Crippen LogP contribution in [0.25, 0.3) is 0 Å². The largest absolute Gasteiger partial charge is 0.342 e. The molecular weight excluding hydrogens is 396 g/mol. The predicted octanol–water partition coefficient (Wildman–Crippen LogP) is 3.47. The molecule has 1 saturated heterocycles. The molecule has 1 aliphatic carbocycles. The van der Waals surface area contributed by atoms with Gasteiger partial charge in [-0.1, -0.05) is 28.8 Å². The number of likely N-dealkylation sites (tertiary alicyclic amines) is 1. The van der Waals surface area contributed by atoms with Crippen LogP contribution >= 0.6 is 15.9 Å². The smallest absolute Gasteiger partial charge is 0.261 e. The van der Waals surface area contributed by atoms with Crippen LogP contribution in [0.5, 0.6) is 0 Å². The van der Waals surface area contributed by atoms with Crippen molar-refractivity contribution in [1.82, 2.24) is 9.80 Å². The summed E-state index contributed by atoms with van der Waals surface area (Å²) in [5.41, 5.74) is 0.896. The van der Waals surface area contributed by atoms with Crippen LogP contribution in [0.15, 0.2) is 22.7 Å². The van der Waals surface area contributed by atoms with Crippen LogP contribution < -0.4 is 0 Å². The molecule has 138 valence electrons. The van der Waals surface area contributed by atoms with E-state index in [-0.39, 0.29) is 17.7 Å². The zero-order valence-electron chi connectivity index (χ0n) is 14.7. The van der Waals surface area contributed by atoms with Gasteiger partial charge in [0.1, 0.15) is 0 Å². The standard InChI is InChI=1S/C20H23BrN2O3/c21-15-7-8-16-17(10-15)20(26)23(19(16)25)9-3-6-18(24)22-11-13-4-1-2-5-14(13)12-22/h7-8,10,13-14H,1-6,9,11-12H2. The molecule has 1 saturated carbocycles. The molecule has 3 aliphatic rings. The van der Waals surface area contributed by atoms with E-state index in [0.717, 1.165) is 17.6 Å². The molecule has 2 fully saturated rings. The minimum absolute atomic E-state index is 0.166. The maximum atomic E-state index is 12.5. The number of carbonyl (C=O) groups is 3. The van der Waals surface area contributed by atoms with E-state index < -0.39 is 0 Å². The minimum atomic E-state index is -0.258. The van der Waals surface area contributed by atoms with Gasteiger partial charge in [0.25, 0.3) is 11.8 Å². The zero-order chi connectivity index (χ0) is 18.3. The Morgan fingerprint density at radius 2 is 1.69 bits per heavy atom. The number of fused-ring (bicyclic) bond motifs is 2. The number of nitrogens with zero attached hydrogens (tertiary/aromatic N) is 2. The first-order chi connectivity index (χ1) is 12.5. The summed E-state index contributed by atoms with van der Waals surface area (Å²) in [6, 6.07) is 5.13. The number of carbonyl (C=O) groups excluding carboxylic acids is 3. The van der Waals surface area contributed by atoms with E-state index in [0.29, 0.717) is 42.3 Å². The van der Waals surface area contributed by atoms with Crippen molar-refractivity contribution in [2.24, 2.45) is 11.8 Å². The van der Waals surface area contributed by atoms with Crippen molar-refractivity contribution in [1.29, 1.82) is 0 Å². The van der Waals surface area contributed by atoms with Gasteiger partial charge in [-0.3, -0.25) is 19.3 Å². The SMILES string of the molecule is O=C(CCCN1C(=O)c2ccc(Br)cc2C1=O)N1CC2CCCCC2C1. The highest BCUT2D eigenvalue weighted by Crippen LogP contribution is 2.36. The summed E-state index contributed by atoms with van der Waals surface area (Å²) < 4.78 is 0.782. The van der Waals surface area contributed by atoms with Gasteiger partial charge in [-0.25, -0.2) is 0 Å². The molecule has 3 amide bonds. The molecule has 0 aromatic heterocycles. The van der Waals surface area contributed by atoms with Crippen molar-refractivity contribution in [3.8, 4) is 0 Å². The lowest BCUT2D eigenvalue weighted by molar-refractivity contribution is -0.130. The van der Waals surface area contributed by atoms with Crippen LogP contribution in [0.4, 0.5) is 0 Å². The fourth-order valence-corrected chi connectivity index (χ4v) is 4.98. The second-order valence-corrected chi connectivity index (χ2v) is 8.57. The van der Waals surface area contributed by atoms with Crippen LogP contribution in [0.2, 0.25) is 0 Å². The summed E-state index contributed by atoms with van der Waals surface area (Å²) in [7, 11) is 0. The van der Waals surface area contributed by atoms with Crippen LogP contribution in [-0.4, -0.2) is 47.2 Å². The Labute approximate surface area is 161 Å². The maximum absolute atomic E-state index is 12.5. The second-order valence-electron chi connectivity index (χ2n) is 7.66. The van der Waals surface area contributed by atoms with Crippen molar-refractivity contribution in [2.45, 2.75) is 38.5 Å². The van der Waals surface area contributed by atoms with Gasteiger partial charge in [-0.05, 0) is 49.3 Å². The summed E-state index contributed by atoms with van der Waals surface area (Å²) in [5.74, 6) is 1.02. The predicted molar refractivity (Wildman–Crippen MR) is 101 cm³/mol. The topological polar surface area (TPSA) is 57.7 Å². The van der Waals surface area contributed by atoms with E-state index in [9.17, 15) is 14.4 Å². The summed E-state index contributed by atoms with van der Waals surface area (Å²) in [4.78, 5) is 40.7. The Bertz CT molecular complexity index is 749. The number of imide groups is 1. The van der Waals surface area contributed by atoms with Crippen LogP contribution in [-0.2, 0) is 4.79 Å². The van der Waals surface area contributed by atoms with Crippen molar-refractivity contribution < 1.29 is 14.4 Å². The molecule has 0 spiro atoms. The van der Waals surface area contributed by atoms with Crippen molar-refractivity contribution in [3.05, 3.63) is 33.8 Å². The number of hydrogen-bond donors (Lipinski definition) is 0. The molecule has 1 aromatic rings. The minimum Gasteiger partial charge on any atom is -0.342 e. The Morgan fingerprint density at radius 1 is 1.04 bits per heavy atom. The molecule has 2 atom stereocenters. The average molecular weight is 419 g/mol. The summed E-state index contributed by atoms with van der Waals surface area (Å²) in [6.45, 7) is 2.09. The van der Waals surface area contributed by atoms with Gasteiger partial charge in [-0.15, -0.1) is 0 Å². The second kappa shape index (κ2) is 7.14. The maximum Gasteiger partial charge on any atom is 0.261 e. The van der Waals surface area contributed by atoms with E-state index in [1.165, 1.54) is 30.6 Å². The van der Waals surface area contributed by atoms with Crippen molar-refractivity contribution in [2.75, 3.05) is 19.6 Å². The Kier molecular flexibility index (Phi) is 4.86. The summed E-state index contributed by atoms with van der Waals surface area (Å²) >= 11 is 3.34. The van der Waals surface area contributed by atoms with E-state index in [4.69, 9.17) is 0 Å². The molecule has 4 rings (SSSR count). The first kappa shape index (κ1) is 17.7. The molecular formula is C20H23BrN2O3. The molecule has 0 radical (unpaired) electrons. The van der Waals surface area contributed by atoms with Crippen molar-refractivity contribution >= 4 is 33.7 Å².